The van der Waals surface area contributed by atoms with Gasteiger partial charge in [-0.3, -0.25) is 30.3 Å². The molecule has 3 aromatic rings. The normalized spacial score (nSPS) is 11.2. The maximum Gasteiger partial charge on any atom is 0.416 e. The molecule has 1 aromatic heterocycles. The van der Waals surface area contributed by atoms with Crippen LogP contribution in [0.1, 0.15) is 43.4 Å². The Labute approximate surface area is 240 Å². The quantitative estimate of drug-likeness (QED) is 0.191. The highest BCUT2D eigenvalue weighted by molar-refractivity contribution is 6.38. The third-order valence-corrected chi connectivity index (χ3v) is 6.62. The molecule has 2 aromatic carbocycles. The third-order valence-electron chi connectivity index (χ3n) is 6.05. The van der Waals surface area contributed by atoms with Gasteiger partial charge in [0.15, 0.2) is 5.69 Å². The summed E-state index contributed by atoms with van der Waals surface area (Å²) in [6.45, 7) is 7.10. The Morgan fingerprint density at radius 2 is 1.49 bits per heavy atom. The second-order valence-corrected chi connectivity index (χ2v) is 9.42. The number of nitrogens with zero attached hydrogens (tertiary/aromatic N) is 5. The summed E-state index contributed by atoms with van der Waals surface area (Å²) in [6, 6.07) is 2.62. The van der Waals surface area contributed by atoms with Crippen molar-refractivity contribution in [1.82, 2.24) is 9.78 Å². The Kier molecular flexibility index (Phi) is 10.5. The highest BCUT2D eigenvalue weighted by Crippen LogP contribution is 2.40. The van der Waals surface area contributed by atoms with E-state index in [1.807, 2.05) is 13.8 Å². The molecule has 0 aliphatic carbocycles. The van der Waals surface area contributed by atoms with E-state index in [-0.39, 0.29) is 38.8 Å². The number of alkyl halides is 3. The number of hydrogen-bond donors (Lipinski definition) is 2. The van der Waals surface area contributed by atoms with Gasteiger partial charge in [-0.15, -0.1) is 0 Å². The second-order valence-electron chi connectivity index (χ2n) is 8.60. The topological polar surface area (TPSA) is 185 Å². The maximum atomic E-state index is 12.6. The first-order chi connectivity index (χ1) is 19.0. The standard InChI is InChI=1S/C13H19N3O4.C10H5Cl2F3N4O2/c1-5-10(6-2)14-12-11(15(17)18)7-8(3)9(4)13(12)16(19)20;11-5-1-4(10(13,14)15)2-6(12)8(5)18-9(16)7(3-17-18)19(20)21/h7,10,14H,5-6H2,1-4H3;1-3H,16H2. The number of hydrogen-bond acceptors (Lipinski definition) is 9. The van der Waals surface area contributed by atoms with E-state index in [9.17, 15) is 43.5 Å². The van der Waals surface area contributed by atoms with Crippen molar-refractivity contribution in [3.8, 4) is 5.69 Å². The number of nitro benzene ring substituents is 2. The average Bonchev–Trinajstić information content (AvgIpc) is 3.24. The number of nitrogen functional groups attached to an aromatic ring is 1. The van der Waals surface area contributed by atoms with Crippen LogP contribution >= 0.6 is 23.2 Å². The molecule has 41 heavy (non-hydrogen) atoms. The van der Waals surface area contributed by atoms with E-state index < -0.39 is 38.0 Å². The zero-order chi connectivity index (χ0) is 31.4. The van der Waals surface area contributed by atoms with Crippen LogP contribution in [0, 0.1) is 44.2 Å². The van der Waals surface area contributed by atoms with Crippen molar-refractivity contribution in [2.45, 2.75) is 52.8 Å². The number of anilines is 2. The Morgan fingerprint density at radius 1 is 0.976 bits per heavy atom. The van der Waals surface area contributed by atoms with Crippen molar-refractivity contribution in [1.29, 1.82) is 0 Å². The predicted molar refractivity (Wildman–Crippen MR) is 147 cm³/mol. The summed E-state index contributed by atoms with van der Waals surface area (Å²) < 4.78 is 38.7. The van der Waals surface area contributed by atoms with Crippen LogP contribution in [0.15, 0.2) is 24.4 Å². The van der Waals surface area contributed by atoms with Gasteiger partial charge in [-0.25, -0.2) is 4.68 Å². The number of aryl methyl sites for hydroxylation is 1. The minimum atomic E-state index is -4.63. The van der Waals surface area contributed by atoms with E-state index in [2.05, 4.69) is 10.4 Å². The Hall–Kier alpha value is -4.18. The van der Waals surface area contributed by atoms with E-state index in [0.717, 1.165) is 23.7 Å². The smallest absolute Gasteiger partial charge is 0.378 e. The molecule has 0 amide bonds. The Bertz CT molecular complexity index is 1470. The second kappa shape index (κ2) is 13.0. The van der Waals surface area contributed by atoms with Crippen LogP contribution in [0.25, 0.3) is 5.69 Å². The van der Waals surface area contributed by atoms with Crippen LogP contribution in [0.5, 0.6) is 0 Å². The van der Waals surface area contributed by atoms with Crippen molar-refractivity contribution in [3.63, 3.8) is 0 Å². The molecular weight excluding hydrogens is 598 g/mol. The fourth-order valence-electron chi connectivity index (χ4n) is 3.69. The molecule has 0 bridgehead atoms. The zero-order valence-electron chi connectivity index (χ0n) is 22.0. The molecule has 0 saturated carbocycles. The fourth-order valence-corrected chi connectivity index (χ4v) is 4.34. The van der Waals surface area contributed by atoms with Crippen molar-refractivity contribution in [2.24, 2.45) is 0 Å². The molecule has 0 spiro atoms. The minimum absolute atomic E-state index is 0.0109. The Morgan fingerprint density at radius 3 is 1.88 bits per heavy atom. The number of nitro groups is 3. The molecule has 18 heteroatoms. The zero-order valence-corrected chi connectivity index (χ0v) is 23.5. The molecule has 0 aliphatic heterocycles. The first-order valence-electron chi connectivity index (χ1n) is 11.7. The Balaban J connectivity index is 0.000000287. The predicted octanol–water partition coefficient (Wildman–Crippen LogP) is 7.41. The molecular formula is C23H24Cl2F3N7O6. The third kappa shape index (κ3) is 7.32. The van der Waals surface area contributed by atoms with Gasteiger partial charge < -0.3 is 11.1 Å². The summed E-state index contributed by atoms with van der Waals surface area (Å²) in [6.07, 6.45) is -2.32. The molecule has 1 heterocycles. The van der Waals surface area contributed by atoms with Gasteiger partial charge in [0.05, 0.1) is 30.4 Å². The van der Waals surface area contributed by atoms with Crippen LogP contribution in [-0.4, -0.2) is 30.6 Å². The maximum absolute atomic E-state index is 12.6. The molecule has 3 rings (SSSR count). The molecule has 0 radical (unpaired) electrons. The number of nitrogens with one attached hydrogen (secondary N) is 1. The summed E-state index contributed by atoms with van der Waals surface area (Å²) in [4.78, 5) is 31.2. The highest BCUT2D eigenvalue weighted by atomic mass is 35.5. The van der Waals surface area contributed by atoms with E-state index in [0.29, 0.717) is 23.3 Å². The molecule has 13 nitrogen and oxygen atoms in total. The SMILES string of the molecule is CCC(CC)Nc1c([N+](=O)[O-])cc(C)c(C)c1[N+](=O)[O-].Nc1c([N+](=O)[O-])cnn1-c1c(Cl)cc(C(F)(F)F)cc1Cl. The van der Waals surface area contributed by atoms with Crippen LogP contribution in [0.2, 0.25) is 10.0 Å². The number of benzene rings is 2. The largest absolute Gasteiger partial charge is 0.416 e. The van der Waals surface area contributed by atoms with Gasteiger partial charge in [-0.2, -0.15) is 18.3 Å². The molecule has 0 aliphatic rings. The van der Waals surface area contributed by atoms with Crippen molar-refractivity contribution in [2.75, 3.05) is 11.1 Å². The van der Waals surface area contributed by atoms with E-state index >= 15 is 0 Å². The van der Waals surface area contributed by atoms with Gasteiger partial charge in [-0.1, -0.05) is 37.0 Å². The molecule has 0 unspecified atom stereocenters. The lowest BCUT2D eigenvalue weighted by atomic mass is 10.0. The lowest BCUT2D eigenvalue weighted by molar-refractivity contribution is -0.392. The lowest BCUT2D eigenvalue weighted by Crippen LogP contribution is -2.19. The summed E-state index contributed by atoms with van der Waals surface area (Å²) in [7, 11) is 0. The number of halogens is 5. The van der Waals surface area contributed by atoms with Crippen LogP contribution in [0.3, 0.4) is 0 Å². The average molecular weight is 622 g/mol. The van der Waals surface area contributed by atoms with Crippen LogP contribution in [0.4, 0.5) is 41.7 Å². The van der Waals surface area contributed by atoms with Gasteiger partial charge in [0.25, 0.3) is 5.69 Å². The lowest BCUT2D eigenvalue weighted by Gasteiger charge is -2.17. The van der Waals surface area contributed by atoms with Crippen molar-refractivity contribution < 1.29 is 27.9 Å². The van der Waals surface area contributed by atoms with Gasteiger partial charge >= 0.3 is 17.6 Å². The van der Waals surface area contributed by atoms with E-state index in [1.54, 1.807) is 13.8 Å². The number of rotatable bonds is 8. The molecule has 0 atom stereocenters. The van der Waals surface area contributed by atoms with E-state index in [1.165, 1.54) is 6.07 Å². The first kappa shape index (κ1) is 33.0. The molecule has 3 N–H and O–H groups in total. The highest BCUT2D eigenvalue weighted by Gasteiger charge is 2.33. The molecule has 0 fully saturated rings. The molecule has 222 valence electrons. The van der Waals surface area contributed by atoms with Crippen LogP contribution in [-0.2, 0) is 6.18 Å². The summed E-state index contributed by atoms with van der Waals surface area (Å²) in [5.74, 6) is -0.399. The summed E-state index contributed by atoms with van der Waals surface area (Å²) >= 11 is 11.5. The first-order valence-corrected chi connectivity index (χ1v) is 12.5. The monoisotopic (exact) mass is 621 g/mol. The van der Waals surface area contributed by atoms with Gasteiger partial charge in [0.1, 0.15) is 11.9 Å². The molecule has 0 saturated heterocycles. The van der Waals surface area contributed by atoms with Crippen molar-refractivity contribution >= 4 is 51.8 Å². The van der Waals surface area contributed by atoms with Crippen LogP contribution < -0.4 is 11.1 Å². The van der Waals surface area contributed by atoms with Crippen molar-refractivity contribution in [3.05, 3.63) is 81.5 Å². The number of nitrogens with two attached hydrogens (primary N) is 1. The van der Waals surface area contributed by atoms with E-state index in [4.69, 9.17) is 28.9 Å². The van der Waals surface area contributed by atoms with Gasteiger partial charge in [0.2, 0.25) is 5.82 Å². The minimum Gasteiger partial charge on any atom is -0.378 e. The summed E-state index contributed by atoms with van der Waals surface area (Å²) in [5.41, 5.74) is 4.34. The number of aromatic nitrogens is 2. The fraction of sp³-hybridized carbons (Fsp3) is 0.348. The van der Waals surface area contributed by atoms with Gasteiger partial charge in [0, 0.05) is 17.7 Å². The summed E-state index contributed by atoms with van der Waals surface area (Å²) in [5, 5.41) is 38.9. The van der Waals surface area contributed by atoms with Gasteiger partial charge in [-0.05, 0) is 44.4 Å².